The van der Waals surface area contributed by atoms with E-state index in [2.05, 4.69) is 6.92 Å². The van der Waals surface area contributed by atoms with Gasteiger partial charge in [0.05, 0.1) is 6.10 Å². The third-order valence-electron chi connectivity index (χ3n) is 5.91. The summed E-state index contributed by atoms with van der Waals surface area (Å²) in [7, 11) is 0. The highest BCUT2D eigenvalue weighted by atomic mass is 16.6. The Hall–Kier alpha value is -3.44. The molecule has 0 radical (unpaired) electrons. The molecule has 32 heavy (non-hydrogen) atoms. The predicted molar refractivity (Wildman–Crippen MR) is 128 cm³/mol. The average Bonchev–Trinajstić information content (AvgIpc) is 3.58. The minimum absolute atomic E-state index is 0.198. The van der Waals surface area contributed by atoms with Gasteiger partial charge in [0.15, 0.2) is 0 Å². The van der Waals surface area contributed by atoms with Gasteiger partial charge in [0.1, 0.15) is 34.7 Å². The van der Waals surface area contributed by atoms with Crippen LogP contribution < -0.4 is 9.38 Å². The van der Waals surface area contributed by atoms with E-state index >= 15 is 0 Å². The molecule has 4 heteroatoms. The molecule has 2 atom stereocenters. The second kappa shape index (κ2) is 8.24. The van der Waals surface area contributed by atoms with E-state index in [1.54, 1.807) is 0 Å². The third kappa shape index (κ3) is 3.80. The number of para-hydroxylation sites is 2. The number of benzene rings is 4. The lowest BCUT2D eigenvalue weighted by Gasteiger charge is -2.41. The van der Waals surface area contributed by atoms with Gasteiger partial charge in [0, 0.05) is 36.4 Å². The predicted octanol–water partition coefficient (Wildman–Crippen LogP) is 7.72. The van der Waals surface area contributed by atoms with Crippen LogP contribution in [0.15, 0.2) is 103 Å². The lowest BCUT2D eigenvalue weighted by molar-refractivity contribution is 0.383. The molecule has 1 heterocycles. The number of hydrogen-bond donors (Lipinski definition) is 0. The number of nitrogens with zero attached hydrogens (tertiary/aromatic N) is 1. The van der Waals surface area contributed by atoms with Gasteiger partial charge in [-0.15, -0.1) is 0 Å². The summed E-state index contributed by atoms with van der Waals surface area (Å²) in [4.78, 5) is 0. The molecule has 1 fully saturated rings. The topological polar surface area (TPSA) is 44.8 Å². The quantitative estimate of drug-likeness (QED) is 0.181. The van der Waals surface area contributed by atoms with Crippen LogP contribution in [-0.2, 0) is 4.74 Å². The van der Waals surface area contributed by atoms with Crippen molar-refractivity contribution in [3.05, 3.63) is 119 Å². The van der Waals surface area contributed by atoms with E-state index in [0.717, 1.165) is 22.6 Å². The van der Waals surface area contributed by atoms with E-state index in [1.165, 1.54) is 0 Å². The molecule has 1 saturated heterocycles. The van der Waals surface area contributed by atoms with Crippen molar-refractivity contribution in [1.29, 1.82) is 0 Å². The van der Waals surface area contributed by atoms with E-state index in [4.69, 9.17) is 9.47 Å². The van der Waals surface area contributed by atoms with Crippen LogP contribution >= 0.6 is 0 Å². The molecule has 0 spiro atoms. The molecule has 5 rings (SSSR count). The Balaban J connectivity index is 1.46. The Labute approximate surface area is 188 Å². The van der Waals surface area contributed by atoms with Gasteiger partial charge in [0.25, 0.3) is 0 Å². The number of epoxide rings is 1. The first-order valence-corrected chi connectivity index (χ1v) is 10.8. The maximum Gasteiger partial charge on any atom is 0.143 e. The number of ether oxygens (including phenoxy) is 2. The van der Waals surface area contributed by atoms with Crippen molar-refractivity contribution >= 4 is 17.1 Å². The Morgan fingerprint density at radius 2 is 1.31 bits per heavy atom. The fraction of sp³-hybridized carbons (Fsp3) is 0.143. The first-order chi connectivity index (χ1) is 15.6. The van der Waals surface area contributed by atoms with Gasteiger partial charge in [-0.3, -0.25) is 4.65 Å². The van der Waals surface area contributed by atoms with Crippen LogP contribution in [0.3, 0.4) is 0 Å². The molecule has 4 aromatic carbocycles. The molecular weight excluding hydrogens is 398 g/mol. The highest BCUT2D eigenvalue weighted by molar-refractivity contribution is 5.72. The summed E-state index contributed by atoms with van der Waals surface area (Å²) in [6.07, 6.45) is 0.486. The van der Waals surface area contributed by atoms with Crippen molar-refractivity contribution in [3.63, 3.8) is 0 Å². The second-order valence-corrected chi connectivity index (χ2v) is 8.16. The zero-order valence-corrected chi connectivity index (χ0v) is 18.1. The maximum absolute atomic E-state index is 14.3. The SMILES string of the molecule is Cc1cc([N+]([O-])(c2ccccc2)c2ccccc2)ccc1Oc1ccc(C2OC2C)cc1. The summed E-state index contributed by atoms with van der Waals surface area (Å²) in [5.74, 6) is 1.48. The Kier molecular flexibility index (Phi) is 5.27. The van der Waals surface area contributed by atoms with Gasteiger partial charge < -0.3 is 14.7 Å². The van der Waals surface area contributed by atoms with Crippen molar-refractivity contribution in [2.75, 3.05) is 0 Å². The summed E-state index contributed by atoms with van der Waals surface area (Å²) in [5.41, 5.74) is 3.99. The molecule has 0 saturated carbocycles. The summed E-state index contributed by atoms with van der Waals surface area (Å²) < 4.78 is 11.0. The Morgan fingerprint density at radius 1 is 0.750 bits per heavy atom. The number of quaternary nitrogens is 1. The Morgan fingerprint density at radius 3 is 1.81 bits per heavy atom. The summed E-state index contributed by atoms with van der Waals surface area (Å²) in [5, 5.41) is 14.3. The largest absolute Gasteiger partial charge is 0.616 e. The highest BCUT2D eigenvalue weighted by Gasteiger charge is 2.35. The first-order valence-electron chi connectivity index (χ1n) is 10.8. The minimum atomic E-state index is -0.670. The van der Waals surface area contributed by atoms with Gasteiger partial charge in [-0.05, 0) is 43.2 Å². The van der Waals surface area contributed by atoms with Gasteiger partial charge >= 0.3 is 0 Å². The molecule has 2 unspecified atom stereocenters. The van der Waals surface area contributed by atoms with Gasteiger partial charge in [-0.2, -0.15) is 0 Å². The van der Waals surface area contributed by atoms with Crippen molar-refractivity contribution in [3.8, 4) is 11.5 Å². The molecule has 4 nitrogen and oxygen atoms in total. The van der Waals surface area contributed by atoms with E-state index in [1.807, 2.05) is 110 Å². The smallest absolute Gasteiger partial charge is 0.143 e. The lowest BCUT2D eigenvalue weighted by Crippen LogP contribution is -2.31. The van der Waals surface area contributed by atoms with E-state index in [-0.39, 0.29) is 12.2 Å². The number of rotatable bonds is 6. The zero-order chi connectivity index (χ0) is 22.1. The zero-order valence-electron chi connectivity index (χ0n) is 18.1. The summed E-state index contributed by atoms with van der Waals surface area (Å²) >= 11 is 0. The van der Waals surface area contributed by atoms with Crippen LogP contribution in [0.2, 0.25) is 0 Å². The Bertz CT molecular complexity index is 1170. The van der Waals surface area contributed by atoms with Gasteiger partial charge in [-0.1, -0.05) is 48.5 Å². The van der Waals surface area contributed by atoms with E-state index in [0.29, 0.717) is 17.1 Å². The van der Waals surface area contributed by atoms with Crippen LogP contribution in [0.1, 0.15) is 24.2 Å². The van der Waals surface area contributed by atoms with Crippen molar-refractivity contribution in [2.45, 2.75) is 26.1 Å². The molecule has 0 aliphatic carbocycles. The molecule has 4 aromatic rings. The van der Waals surface area contributed by atoms with E-state index < -0.39 is 4.65 Å². The molecule has 0 amide bonds. The van der Waals surface area contributed by atoms with Crippen molar-refractivity contribution in [2.24, 2.45) is 0 Å². The van der Waals surface area contributed by atoms with Crippen LogP contribution in [-0.4, -0.2) is 6.10 Å². The highest BCUT2D eigenvalue weighted by Crippen LogP contribution is 2.44. The number of aryl methyl sites for hydroxylation is 1. The van der Waals surface area contributed by atoms with Crippen molar-refractivity contribution in [1.82, 2.24) is 4.65 Å². The summed E-state index contributed by atoms with van der Waals surface area (Å²) in [6.45, 7) is 4.03. The molecule has 1 aliphatic rings. The fourth-order valence-corrected chi connectivity index (χ4v) is 4.06. The van der Waals surface area contributed by atoms with Crippen molar-refractivity contribution < 1.29 is 9.47 Å². The molecule has 0 N–H and O–H groups in total. The standard InChI is InChI=1S/C28H25NO3/c1-20-19-25(29(30,23-9-5-3-6-10-23)24-11-7-4-8-12-24)15-18-27(20)32-26-16-13-22(14-17-26)28-21(2)31-28/h3-19,21,28H,1-2H3. The molecule has 0 bridgehead atoms. The first kappa shape index (κ1) is 20.5. The molecule has 160 valence electrons. The van der Waals surface area contributed by atoms with Crippen LogP contribution in [0.4, 0.5) is 17.1 Å². The van der Waals surface area contributed by atoms with Gasteiger partial charge in [0.2, 0.25) is 0 Å². The number of hydrogen-bond acceptors (Lipinski definition) is 3. The molecule has 0 aromatic heterocycles. The molecule has 1 aliphatic heterocycles. The molecular formula is C28H25NO3. The van der Waals surface area contributed by atoms with Crippen LogP contribution in [0.5, 0.6) is 11.5 Å². The fourth-order valence-electron chi connectivity index (χ4n) is 4.06. The third-order valence-corrected chi connectivity index (χ3v) is 5.91. The normalized spacial score (nSPS) is 17.7. The van der Waals surface area contributed by atoms with Gasteiger partial charge in [-0.25, -0.2) is 0 Å². The second-order valence-electron chi connectivity index (χ2n) is 8.16. The van der Waals surface area contributed by atoms with E-state index in [9.17, 15) is 5.21 Å². The monoisotopic (exact) mass is 423 g/mol. The van der Waals surface area contributed by atoms with Crippen LogP contribution in [0, 0.1) is 12.1 Å². The van der Waals surface area contributed by atoms with Crippen LogP contribution in [0.25, 0.3) is 0 Å². The average molecular weight is 424 g/mol. The minimum Gasteiger partial charge on any atom is -0.616 e. The lowest BCUT2D eigenvalue weighted by atomic mass is 10.1. The summed E-state index contributed by atoms with van der Waals surface area (Å²) in [6, 6.07) is 32.5. The maximum atomic E-state index is 14.3.